The number of halogens is 1. The summed E-state index contributed by atoms with van der Waals surface area (Å²) in [6.45, 7) is 1.85. The molecule has 0 aliphatic carbocycles. The highest BCUT2D eigenvalue weighted by Crippen LogP contribution is 2.22. The minimum atomic E-state index is -0.478. The van der Waals surface area contributed by atoms with Gasteiger partial charge in [-0.1, -0.05) is 6.07 Å². The number of pyridine rings is 1. The second-order valence-corrected chi connectivity index (χ2v) is 5.63. The topological polar surface area (TPSA) is 97.6 Å². The zero-order valence-electron chi connectivity index (χ0n) is 13.9. The first-order valence-corrected chi connectivity index (χ1v) is 7.92. The predicted molar refractivity (Wildman–Crippen MR) is 97.4 cm³/mol. The van der Waals surface area contributed by atoms with E-state index in [4.69, 9.17) is 4.74 Å². The summed E-state index contributed by atoms with van der Waals surface area (Å²) in [6, 6.07) is 9.38. The van der Waals surface area contributed by atoms with Gasteiger partial charge >= 0.3 is 0 Å². The summed E-state index contributed by atoms with van der Waals surface area (Å²) in [5.41, 5.74) is 0.954. The molecular weight excluding hydrogens is 360 g/mol. The molecule has 3 rings (SSSR count). The Hall–Kier alpha value is -2.71. The molecule has 0 spiro atoms. The average molecular weight is 379 g/mol. The Morgan fingerprint density at radius 1 is 1.35 bits per heavy atom. The largest absolute Gasteiger partial charge is 0.484 e. The summed E-state index contributed by atoms with van der Waals surface area (Å²) in [5, 5.41) is 13.9. The molecule has 8 nitrogen and oxygen atoms in total. The van der Waals surface area contributed by atoms with Gasteiger partial charge in [-0.15, -0.1) is 12.4 Å². The number of aromatic nitrogens is 1. The lowest BCUT2D eigenvalue weighted by Gasteiger charge is -2.36. The van der Waals surface area contributed by atoms with Crippen LogP contribution in [0.5, 0.6) is 5.75 Å². The van der Waals surface area contributed by atoms with Crippen LogP contribution in [0.2, 0.25) is 0 Å². The van der Waals surface area contributed by atoms with Gasteiger partial charge in [0.2, 0.25) is 0 Å². The average Bonchev–Trinajstić information content (AvgIpc) is 2.67. The van der Waals surface area contributed by atoms with Gasteiger partial charge in [0.1, 0.15) is 5.75 Å². The molecule has 1 amide bonds. The molecule has 0 bridgehead atoms. The number of hydrogen-bond donors (Lipinski definition) is 1. The molecule has 1 aliphatic heterocycles. The Balaban J connectivity index is 0.00000243. The summed E-state index contributed by atoms with van der Waals surface area (Å²) in [6.07, 6.45) is 3.46. The van der Waals surface area contributed by atoms with Gasteiger partial charge in [-0.25, -0.2) is 0 Å². The lowest BCUT2D eigenvalue weighted by molar-refractivity contribution is -0.384. The van der Waals surface area contributed by atoms with Crippen molar-refractivity contribution < 1.29 is 14.5 Å². The Bertz CT molecular complexity index is 742. The first kappa shape index (κ1) is 19.6. The monoisotopic (exact) mass is 378 g/mol. The van der Waals surface area contributed by atoms with Gasteiger partial charge in [0, 0.05) is 44.2 Å². The number of carbonyl (C=O) groups excluding carboxylic acids is 1. The molecule has 1 unspecified atom stereocenters. The number of ether oxygens (including phenoxy) is 1. The predicted octanol–water partition coefficient (Wildman–Crippen LogP) is 1.96. The van der Waals surface area contributed by atoms with Crippen LogP contribution in [0.4, 0.5) is 5.69 Å². The van der Waals surface area contributed by atoms with Crippen molar-refractivity contribution in [1.29, 1.82) is 0 Å². The summed E-state index contributed by atoms with van der Waals surface area (Å²) in [4.78, 5) is 28.6. The Morgan fingerprint density at radius 2 is 2.12 bits per heavy atom. The van der Waals surface area contributed by atoms with Crippen LogP contribution in [0.3, 0.4) is 0 Å². The van der Waals surface area contributed by atoms with Crippen LogP contribution >= 0.6 is 12.4 Å². The van der Waals surface area contributed by atoms with Crippen LogP contribution in [-0.4, -0.2) is 47.0 Å². The lowest BCUT2D eigenvalue weighted by Crippen LogP contribution is -2.50. The highest BCUT2D eigenvalue weighted by atomic mass is 35.5. The third-order valence-electron chi connectivity index (χ3n) is 4.04. The van der Waals surface area contributed by atoms with Gasteiger partial charge in [0.15, 0.2) is 6.61 Å². The van der Waals surface area contributed by atoms with Crippen molar-refractivity contribution in [3.05, 3.63) is 64.5 Å². The summed E-state index contributed by atoms with van der Waals surface area (Å²) in [7, 11) is 0. The number of non-ortho nitro benzene ring substituents is 1. The number of rotatable bonds is 5. The molecule has 1 N–H and O–H groups in total. The minimum absolute atomic E-state index is 0. The van der Waals surface area contributed by atoms with Crippen LogP contribution < -0.4 is 10.1 Å². The van der Waals surface area contributed by atoms with Crippen molar-refractivity contribution in [2.75, 3.05) is 26.2 Å². The molecule has 1 aromatic heterocycles. The number of nitro groups is 1. The van der Waals surface area contributed by atoms with E-state index >= 15 is 0 Å². The molecule has 0 saturated carbocycles. The molecule has 2 aromatic rings. The van der Waals surface area contributed by atoms with Crippen molar-refractivity contribution in [3.63, 3.8) is 0 Å². The van der Waals surface area contributed by atoms with E-state index in [9.17, 15) is 14.9 Å². The van der Waals surface area contributed by atoms with Gasteiger partial charge in [-0.2, -0.15) is 0 Å². The number of nitrogens with zero attached hydrogens (tertiary/aromatic N) is 3. The Kier molecular flexibility index (Phi) is 6.88. The van der Waals surface area contributed by atoms with E-state index in [1.165, 1.54) is 24.3 Å². The molecule has 9 heteroatoms. The molecule has 0 radical (unpaired) electrons. The van der Waals surface area contributed by atoms with Crippen LogP contribution in [0.25, 0.3) is 0 Å². The van der Waals surface area contributed by atoms with E-state index < -0.39 is 4.92 Å². The smallest absolute Gasteiger partial charge is 0.269 e. The van der Waals surface area contributed by atoms with E-state index in [1.807, 2.05) is 12.1 Å². The molecular formula is C17H19ClN4O4. The molecule has 26 heavy (non-hydrogen) atoms. The number of piperazine rings is 1. The third kappa shape index (κ3) is 4.68. The van der Waals surface area contributed by atoms with Gasteiger partial charge in [0.25, 0.3) is 11.6 Å². The summed E-state index contributed by atoms with van der Waals surface area (Å²) < 4.78 is 5.49. The summed E-state index contributed by atoms with van der Waals surface area (Å²) in [5.74, 6) is 0.292. The quantitative estimate of drug-likeness (QED) is 0.631. The number of benzene rings is 1. The molecule has 2 heterocycles. The highest BCUT2D eigenvalue weighted by Gasteiger charge is 2.28. The van der Waals surface area contributed by atoms with Crippen molar-refractivity contribution in [3.8, 4) is 5.75 Å². The van der Waals surface area contributed by atoms with Crippen LogP contribution in [0, 0.1) is 10.1 Å². The molecule has 1 aliphatic rings. The fraction of sp³-hybridized carbons (Fsp3) is 0.294. The van der Waals surface area contributed by atoms with Crippen LogP contribution in [0.15, 0.2) is 48.8 Å². The third-order valence-corrected chi connectivity index (χ3v) is 4.04. The standard InChI is InChI=1S/C17H18N4O4.ClH/c22-17(12-25-15-5-3-14(4-6-15)21(23)24)20-9-8-19-11-16(20)13-2-1-7-18-10-13;/h1-7,10,16,19H,8-9,11-12H2;1H. The number of hydrogen-bond acceptors (Lipinski definition) is 6. The van der Waals surface area contributed by atoms with Gasteiger partial charge in [-0.05, 0) is 23.8 Å². The van der Waals surface area contributed by atoms with Crippen molar-refractivity contribution >= 4 is 24.0 Å². The molecule has 1 fully saturated rings. The normalized spacial score (nSPS) is 16.5. The second kappa shape index (κ2) is 9.12. The van der Waals surface area contributed by atoms with E-state index in [2.05, 4.69) is 10.3 Å². The second-order valence-electron chi connectivity index (χ2n) is 5.63. The minimum Gasteiger partial charge on any atom is -0.484 e. The highest BCUT2D eigenvalue weighted by molar-refractivity contribution is 5.85. The fourth-order valence-corrected chi connectivity index (χ4v) is 2.77. The molecule has 1 saturated heterocycles. The van der Waals surface area contributed by atoms with E-state index in [0.717, 1.165) is 12.1 Å². The first-order chi connectivity index (χ1) is 12.1. The maximum atomic E-state index is 12.6. The van der Waals surface area contributed by atoms with Crippen molar-refractivity contribution in [2.24, 2.45) is 0 Å². The van der Waals surface area contributed by atoms with Gasteiger partial charge in [0.05, 0.1) is 11.0 Å². The van der Waals surface area contributed by atoms with E-state index in [1.54, 1.807) is 17.3 Å². The fourth-order valence-electron chi connectivity index (χ4n) is 2.77. The van der Waals surface area contributed by atoms with Crippen molar-refractivity contribution in [2.45, 2.75) is 6.04 Å². The maximum absolute atomic E-state index is 12.6. The lowest BCUT2D eigenvalue weighted by atomic mass is 10.1. The number of amides is 1. The molecule has 138 valence electrons. The van der Waals surface area contributed by atoms with Gasteiger partial charge < -0.3 is 15.0 Å². The van der Waals surface area contributed by atoms with Crippen LogP contribution in [0.1, 0.15) is 11.6 Å². The Morgan fingerprint density at radius 3 is 2.77 bits per heavy atom. The molecule has 1 aromatic carbocycles. The van der Waals surface area contributed by atoms with Crippen molar-refractivity contribution in [1.82, 2.24) is 15.2 Å². The summed E-state index contributed by atoms with van der Waals surface area (Å²) >= 11 is 0. The van der Waals surface area contributed by atoms with E-state index in [-0.39, 0.29) is 36.7 Å². The zero-order chi connectivity index (χ0) is 17.6. The first-order valence-electron chi connectivity index (χ1n) is 7.92. The maximum Gasteiger partial charge on any atom is 0.269 e. The number of carbonyl (C=O) groups is 1. The zero-order valence-corrected chi connectivity index (χ0v) is 14.7. The van der Waals surface area contributed by atoms with Gasteiger partial charge in [-0.3, -0.25) is 19.9 Å². The van der Waals surface area contributed by atoms with Crippen LogP contribution in [-0.2, 0) is 4.79 Å². The van der Waals surface area contributed by atoms with E-state index in [0.29, 0.717) is 18.8 Å². The molecule has 1 atom stereocenters. The SMILES string of the molecule is Cl.O=C(COc1ccc([N+](=O)[O-])cc1)N1CCNCC1c1cccnc1. The number of nitrogens with one attached hydrogen (secondary N) is 1. The Labute approximate surface area is 156 Å². The number of nitro benzene ring substituents is 1.